The highest BCUT2D eigenvalue weighted by atomic mass is 79.9. The van der Waals surface area contributed by atoms with Crippen LogP contribution in [0.3, 0.4) is 0 Å². The third-order valence-corrected chi connectivity index (χ3v) is 3.67. The number of carbonyl (C=O) groups is 1. The first-order valence-electron chi connectivity index (χ1n) is 4.42. The molecule has 1 fully saturated rings. The van der Waals surface area contributed by atoms with Crippen molar-refractivity contribution in [2.45, 2.75) is 43.4 Å². The fraction of sp³-hybridized carbons (Fsp3) is 0.889. The summed E-state index contributed by atoms with van der Waals surface area (Å²) < 4.78 is 0. The second kappa shape index (κ2) is 4.91. The monoisotopic (exact) mass is 218 g/mol. The van der Waals surface area contributed by atoms with E-state index in [0.29, 0.717) is 10.7 Å². The van der Waals surface area contributed by atoms with Crippen molar-refractivity contribution >= 4 is 22.2 Å². The molecule has 0 aromatic rings. The first-order chi connectivity index (χ1) is 5.34. The molecule has 2 atom stereocenters. The minimum Gasteiger partial charge on any atom is -0.303 e. The first kappa shape index (κ1) is 9.24. The number of hydrogen-bond donors (Lipinski definition) is 0. The van der Waals surface area contributed by atoms with Crippen molar-refractivity contribution in [3.63, 3.8) is 0 Å². The standard InChI is InChI=1S/C9H15BrO/c10-9-5-3-1-2-4-8(9)6-7-11/h7-9H,1-6H2. The average molecular weight is 219 g/mol. The minimum absolute atomic E-state index is 0.593. The molecular formula is C9H15BrO. The van der Waals surface area contributed by atoms with E-state index in [1.54, 1.807) is 0 Å². The predicted octanol–water partition coefficient (Wildman–Crippen LogP) is 2.92. The van der Waals surface area contributed by atoms with Gasteiger partial charge in [0.1, 0.15) is 6.29 Å². The molecule has 0 amide bonds. The maximum atomic E-state index is 10.3. The quantitative estimate of drug-likeness (QED) is 0.396. The Morgan fingerprint density at radius 1 is 1.27 bits per heavy atom. The third kappa shape index (κ3) is 2.94. The molecule has 0 N–H and O–H groups in total. The lowest BCUT2D eigenvalue weighted by Gasteiger charge is -2.16. The summed E-state index contributed by atoms with van der Waals surface area (Å²) in [6.07, 6.45) is 8.26. The van der Waals surface area contributed by atoms with Crippen LogP contribution >= 0.6 is 15.9 Å². The Bertz CT molecular complexity index is 125. The van der Waals surface area contributed by atoms with E-state index in [-0.39, 0.29) is 0 Å². The van der Waals surface area contributed by atoms with Gasteiger partial charge in [0.05, 0.1) is 0 Å². The molecule has 2 heteroatoms. The fourth-order valence-electron chi connectivity index (χ4n) is 1.73. The smallest absolute Gasteiger partial charge is 0.120 e. The van der Waals surface area contributed by atoms with Crippen LogP contribution in [0, 0.1) is 5.92 Å². The van der Waals surface area contributed by atoms with Crippen LogP contribution < -0.4 is 0 Å². The predicted molar refractivity (Wildman–Crippen MR) is 50.0 cm³/mol. The van der Waals surface area contributed by atoms with Gasteiger partial charge in [-0.25, -0.2) is 0 Å². The van der Waals surface area contributed by atoms with Gasteiger partial charge in [0, 0.05) is 11.2 Å². The maximum absolute atomic E-state index is 10.3. The molecule has 1 saturated carbocycles. The van der Waals surface area contributed by atoms with Crippen molar-refractivity contribution in [1.29, 1.82) is 0 Å². The lowest BCUT2D eigenvalue weighted by Crippen LogP contribution is -2.12. The second-order valence-corrected chi connectivity index (χ2v) is 4.49. The van der Waals surface area contributed by atoms with E-state index in [1.807, 2.05) is 0 Å². The van der Waals surface area contributed by atoms with Gasteiger partial charge in [-0.3, -0.25) is 0 Å². The van der Waals surface area contributed by atoms with Gasteiger partial charge < -0.3 is 4.79 Å². The molecule has 11 heavy (non-hydrogen) atoms. The van der Waals surface area contributed by atoms with Crippen molar-refractivity contribution in [3.8, 4) is 0 Å². The van der Waals surface area contributed by atoms with E-state index in [4.69, 9.17) is 0 Å². The Hall–Kier alpha value is 0.150. The summed E-state index contributed by atoms with van der Waals surface area (Å²) >= 11 is 3.65. The minimum atomic E-state index is 0.593. The molecule has 2 unspecified atom stereocenters. The van der Waals surface area contributed by atoms with Gasteiger partial charge in [0.15, 0.2) is 0 Å². The summed E-state index contributed by atoms with van der Waals surface area (Å²) in [4.78, 5) is 10.9. The van der Waals surface area contributed by atoms with E-state index >= 15 is 0 Å². The molecule has 0 spiro atoms. The van der Waals surface area contributed by atoms with Gasteiger partial charge in [0.2, 0.25) is 0 Å². The van der Waals surface area contributed by atoms with Crippen LogP contribution in [-0.2, 0) is 4.79 Å². The number of halogens is 1. The number of rotatable bonds is 2. The number of hydrogen-bond acceptors (Lipinski definition) is 1. The molecule has 0 saturated heterocycles. The molecule has 0 aromatic heterocycles. The molecule has 64 valence electrons. The van der Waals surface area contributed by atoms with E-state index in [2.05, 4.69) is 15.9 Å². The Balaban J connectivity index is 2.38. The summed E-state index contributed by atoms with van der Waals surface area (Å²) in [5.41, 5.74) is 0. The molecule has 1 aliphatic rings. The lowest BCUT2D eigenvalue weighted by molar-refractivity contribution is -0.108. The van der Waals surface area contributed by atoms with Gasteiger partial charge in [-0.2, -0.15) is 0 Å². The zero-order valence-corrected chi connectivity index (χ0v) is 8.35. The average Bonchev–Trinajstić information content (AvgIpc) is 2.18. The number of aldehydes is 1. The van der Waals surface area contributed by atoms with Crippen LogP contribution in [0.2, 0.25) is 0 Å². The Labute approximate surface area is 76.7 Å². The van der Waals surface area contributed by atoms with E-state index in [0.717, 1.165) is 12.7 Å². The molecule has 0 aliphatic heterocycles. The van der Waals surface area contributed by atoms with Crippen molar-refractivity contribution in [1.82, 2.24) is 0 Å². The summed E-state index contributed by atoms with van der Waals surface area (Å²) in [5, 5.41) is 0. The Morgan fingerprint density at radius 3 is 2.73 bits per heavy atom. The maximum Gasteiger partial charge on any atom is 0.120 e. The molecule has 1 aliphatic carbocycles. The summed E-state index contributed by atoms with van der Waals surface area (Å²) in [5.74, 6) is 0.606. The van der Waals surface area contributed by atoms with E-state index in [9.17, 15) is 4.79 Å². The van der Waals surface area contributed by atoms with Crippen LogP contribution in [0.15, 0.2) is 0 Å². The van der Waals surface area contributed by atoms with E-state index in [1.165, 1.54) is 32.1 Å². The van der Waals surface area contributed by atoms with E-state index < -0.39 is 0 Å². The van der Waals surface area contributed by atoms with Gasteiger partial charge in [-0.1, -0.05) is 35.2 Å². The van der Waals surface area contributed by atoms with Gasteiger partial charge in [-0.05, 0) is 18.8 Å². The highest BCUT2D eigenvalue weighted by molar-refractivity contribution is 9.09. The molecular weight excluding hydrogens is 204 g/mol. The van der Waals surface area contributed by atoms with Gasteiger partial charge >= 0.3 is 0 Å². The van der Waals surface area contributed by atoms with Crippen molar-refractivity contribution in [2.24, 2.45) is 5.92 Å². The molecule has 0 heterocycles. The van der Waals surface area contributed by atoms with Crippen LogP contribution in [0.4, 0.5) is 0 Å². The summed E-state index contributed by atoms with van der Waals surface area (Å²) in [6, 6.07) is 0. The first-order valence-corrected chi connectivity index (χ1v) is 5.34. The van der Waals surface area contributed by atoms with Gasteiger partial charge in [0.25, 0.3) is 0 Å². The molecule has 1 nitrogen and oxygen atoms in total. The van der Waals surface area contributed by atoms with Crippen LogP contribution in [0.25, 0.3) is 0 Å². The second-order valence-electron chi connectivity index (χ2n) is 3.32. The van der Waals surface area contributed by atoms with Crippen molar-refractivity contribution in [2.75, 3.05) is 0 Å². The lowest BCUT2D eigenvalue weighted by atomic mass is 9.97. The number of alkyl halides is 1. The Kier molecular flexibility index (Phi) is 4.13. The molecule has 1 rings (SSSR count). The Morgan fingerprint density at radius 2 is 2.00 bits per heavy atom. The van der Waals surface area contributed by atoms with Gasteiger partial charge in [-0.15, -0.1) is 0 Å². The highest BCUT2D eigenvalue weighted by Gasteiger charge is 2.20. The SMILES string of the molecule is O=CCC1CCCCCC1Br. The van der Waals surface area contributed by atoms with Crippen LogP contribution in [-0.4, -0.2) is 11.1 Å². The topological polar surface area (TPSA) is 17.1 Å². The number of carbonyl (C=O) groups excluding carboxylic acids is 1. The zero-order chi connectivity index (χ0) is 8.10. The summed E-state index contributed by atoms with van der Waals surface area (Å²) in [7, 11) is 0. The third-order valence-electron chi connectivity index (χ3n) is 2.47. The highest BCUT2D eigenvalue weighted by Crippen LogP contribution is 2.30. The fourth-order valence-corrected chi connectivity index (χ4v) is 2.53. The normalized spacial score (nSPS) is 32.8. The molecule has 0 aromatic carbocycles. The molecule has 0 radical (unpaired) electrons. The van der Waals surface area contributed by atoms with Crippen molar-refractivity contribution in [3.05, 3.63) is 0 Å². The molecule has 0 bridgehead atoms. The largest absolute Gasteiger partial charge is 0.303 e. The van der Waals surface area contributed by atoms with Crippen LogP contribution in [0.1, 0.15) is 38.5 Å². The summed E-state index contributed by atoms with van der Waals surface area (Å²) in [6.45, 7) is 0. The zero-order valence-electron chi connectivity index (χ0n) is 6.76. The van der Waals surface area contributed by atoms with Crippen LogP contribution in [0.5, 0.6) is 0 Å². The van der Waals surface area contributed by atoms with Crippen molar-refractivity contribution < 1.29 is 4.79 Å².